The van der Waals surface area contributed by atoms with Gasteiger partial charge in [0.2, 0.25) is 0 Å². The molecule has 1 aromatic carbocycles. The molecule has 28 heavy (non-hydrogen) atoms. The van der Waals surface area contributed by atoms with Crippen molar-refractivity contribution in [1.29, 1.82) is 0 Å². The molecule has 0 unspecified atom stereocenters. The molecule has 11 heteroatoms. The second kappa shape index (κ2) is 7.75. The first-order chi connectivity index (χ1) is 13.5. The summed E-state index contributed by atoms with van der Waals surface area (Å²) >= 11 is 14.3. The van der Waals surface area contributed by atoms with Crippen molar-refractivity contribution < 1.29 is 23.8 Å². The molecule has 0 saturated carbocycles. The maximum Gasteiger partial charge on any atom is 0.325 e. The van der Waals surface area contributed by atoms with Crippen LogP contribution in [0.15, 0.2) is 23.2 Å². The second-order valence-corrected chi connectivity index (χ2v) is 8.96. The lowest BCUT2D eigenvalue weighted by atomic mass is 10.2. The van der Waals surface area contributed by atoms with Crippen LogP contribution in [0.3, 0.4) is 0 Å². The van der Waals surface area contributed by atoms with Gasteiger partial charge in [-0.05, 0) is 6.07 Å². The van der Waals surface area contributed by atoms with Crippen LogP contribution in [-0.2, 0) is 16.1 Å². The molecule has 3 heterocycles. The number of nitrogens with zero attached hydrogens (tertiary/aromatic N) is 2. The molecular weight excluding hydrogens is 447 g/mol. The summed E-state index contributed by atoms with van der Waals surface area (Å²) in [5.41, 5.74) is 0.894. The van der Waals surface area contributed by atoms with Gasteiger partial charge in [-0.25, -0.2) is 0 Å². The van der Waals surface area contributed by atoms with E-state index in [1.54, 1.807) is 16.7 Å². The molecule has 2 aromatic heterocycles. The first-order valence-corrected chi connectivity index (χ1v) is 10.4. The third-order valence-electron chi connectivity index (χ3n) is 3.95. The van der Waals surface area contributed by atoms with Gasteiger partial charge in [-0.3, -0.25) is 9.59 Å². The Kier molecular flexibility index (Phi) is 5.33. The van der Waals surface area contributed by atoms with Gasteiger partial charge in [0.25, 0.3) is 5.91 Å². The highest BCUT2D eigenvalue weighted by Crippen LogP contribution is 2.36. The van der Waals surface area contributed by atoms with Gasteiger partial charge < -0.3 is 18.8 Å². The van der Waals surface area contributed by atoms with Crippen LogP contribution in [0.1, 0.15) is 10.4 Å². The minimum atomic E-state index is -0.546. The molecule has 1 amide bonds. The summed E-state index contributed by atoms with van der Waals surface area (Å²) in [5.74, 6) is 0.159. The van der Waals surface area contributed by atoms with Gasteiger partial charge in [-0.15, -0.1) is 11.3 Å². The Morgan fingerprint density at radius 2 is 1.89 bits per heavy atom. The number of benzene rings is 1. The van der Waals surface area contributed by atoms with Gasteiger partial charge in [0.1, 0.15) is 24.1 Å². The number of thiazole rings is 1. The smallest absolute Gasteiger partial charge is 0.325 e. The highest BCUT2D eigenvalue weighted by molar-refractivity contribution is 7.20. The summed E-state index contributed by atoms with van der Waals surface area (Å²) in [4.78, 5) is 29.0. The number of fused-ring (bicyclic) bond motifs is 2. The summed E-state index contributed by atoms with van der Waals surface area (Å²) in [7, 11) is 1.30. The molecule has 0 N–H and O–H groups in total. The van der Waals surface area contributed by atoms with E-state index in [2.05, 4.69) is 4.99 Å². The van der Waals surface area contributed by atoms with E-state index in [0.717, 1.165) is 16.0 Å². The van der Waals surface area contributed by atoms with Gasteiger partial charge in [0.05, 0.1) is 27.2 Å². The van der Waals surface area contributed by atoms with Crippen LogP contribution in [0.25, 0.3) is 10.2 Å². The van der Waals surface area contributed by atoms with Crippen LogP contribution in [-0.4, -0.2) is 36.8 Å². The van der Waals surface area contributed by atoms with Crippen LogP contribution in [0, 0.1) is 0 Å². The SMILES string of the molecule is COC(=O)Cn1c(=NC(=O)c2cc(Cl)sc2Cl)sc2cc3c(cc21)OCCO3. The first-order valence-electron chi connectivity index (χ1n) is 8.00. The van der Waals surface area contributed by atoms with E-state index in [1.165, 1.54) is 24.5 Å². The highest BCUT2D eigenvalue weighted by atomic mass is 35.5. The van der Waals surface area contributed by atoms with E-state index in [9.17, 15) is 9.59 Å². The van der Waals surface area contributed by atoms with Crippen LogP contribution < -0.4 is 14.3 Å². The number of rotatable bonds is 3. The van der Waals surface area contributed by atoms with Crippen molar-refractivity contribution in [3.05, 3.63) is 37.2 Å². The number of halogens is 2. The Labute approximate surface area is 176 Å². The van der Waals surface area contributed by atoms with Crippen molar-refractivity contribution in [1.82, 2.24) is 4.57 Å². The van der Waals surface area contributed by atoms with E-state index in [1.807, 2.05) is 0 Å². The number of esters is 1. The largest absolute Gasteiger partial charge is 0.486 e. The summed E-state index contributed by atoms with van der Waals surface area (Å²) < 4.78 is 19.0. The lowest BCUT2D eigenvalue weighted by Gasteiger charge is -2.18. The molecule has 0 aliphatic carbocycles. The molecule has 0 spiro atoms. The van der Waals surface area contributed by atoms with Crippen molar-refractivity contribution in [2.45, 2.75) is 6.54 Å². The minimum absolute atomic E-state index is 0.111. The molecule has 7 nitrogen and oxygen atoms in total. The monoisotopic (exact) mass is 458 g/mol. The minimum Gasteiger partial charge on any atom is -0.486 e. The van der Waals surface area contributed by atoms with Crippen LogP contribution >= 0.6 is 45.9 Å². The zero-order valence-electron chi connectivity index (χ0n) is 14.4. The maximum absolute atomic E-state index is 12.6. The Hall–Kier alpha value is -2.07. The Morgan fingerprint density at radius 1 is 1.18 bits per heavy atom. The van der Waals surface area contributed by atoms with Gasteiger partial charge in [0, 0.05) is 12.1 Å². The van der Waals surface area contributed by atoms with Crippen molar-refractivity contribution in [3.8, 4) is 11.5 Å². The number of thiophene rings is 1. The highest BCUT2D eigenvalue weighted by Gasteiger charge is 2.19. The maximum atomic E-state index is 12.6. The van der Waals surface area contributed by atoms with Crippen molar-refractivity contribution in [2.75, 3.05) is 20.3 Å². The number of amides is 1. The molecule has 1 aliphatic heterocycles. The van der Waals surface area contributed by atoms with Crippen LogP contribution in [0.5, 0.6) is 11.5 Å². The summed E-state index contributed by atoms with van der Waals surface area (Å²) in [6.07, 6.45) is 0. The lowest BCUT2D eigenvalue weighted by Crippen LogP contribution is -2.22. The third-order valence-corrected chi connectivity index (χ3v) is 6.47. The molecule has 0 radical (unpaired) electrons. The van der Waals surface area contributed by atoms with Crippen molar-refractivity contribution in [2.24, 2.45) is 4.99 Å². The number of hydrogen-bond donors (Lipinski definition) is 0. The number of aromatic nitrogens is 1. The van der Waals surface area contributed by atoms with Gasteiger partial charge in [-0.1, -0.05) is 34.5 Å². The summed E-state index contributed by atoms with van der Waals surface area (Å²) in [5, 5.41) is 0. The van der Waals surface area contributed by atoms with E-state index in [0.29, 0.717) is 39.4 Å². The molecule has 0 saturated heterocycles. The molecule has 0 atom stereocenters. The predicted molar refractivity (Wildman–Crippen MR) is 107 cm³/mol. The normalized spacial score (nSPS) is 13.8. The fraction of sp³-hybridized carbons (Fsp3) is 0.235. The zero-order valence-corrected chi connectivity index (χ0v) is 17.5. The first kappa shape index (κ1) is 19.3. The zero-order chi connectivity index (χ0) is 19.8. The van der Waals surface area contributed by atoms with Crippen LogP contribution in [0.4, 0.5) is 0 Å². The fourth-order valence-corrected chi connectivity index (χ4v) is 5.16. The third kappa shape index (κ3) is 3.62. The average molecular weight is 459 g/mol. The standard InChI is InChI=1S/C17H12Cl2N2O5S2/c1-24-14(22)7-21-9-5-10-11(26-3-2-25-10)6-12(9)27-17(21)20-16(23)8-4-13(18)28-15(8)19/h4-6H,2-3,7H2,1H3. The molecular formula is C17H12Cl2N2O5S2. The summed E-state index contributed by atoms with van der Waals surface area (Å²) in [6, 6.07) is 5.04. The molecule has 1 aliphatic rings. The van der Waals surface area contributed by atoms with E-state index in [4.69, 9.17) is 37.4 Å². The predicted octanol–water partition coefficient (Wildman–Crippen LogP) is 3.76. The average Bonchev–Trinajstić information content (AvgIpc) is 3.18. The number of carbonyl (C=O) groups excluding carboxylic acids is 2. The molecule has 0 bridgehead atoms. The van der Waals surface area contributed by atoms with Gasteiger partial charge in [-0.2, -0.15) is 4.99 Å². The number of carbonyl (C=O) groups is 2. The topological polar surface area (TPSA) is 79.1 Å². The number of methoxy groups -OCH3 is 1. The number of ether oxygens (including phenoxy) is 3. The van der Waals surface area contributed by atoms with Crippen LogP contribution in [0.2, 0.25) is 8.67 Å². The van der Waals surface area contributed by atoms with E-state index < -0.39 is 11.9 Å². The quantitative estimate of drug-likeness (QED) is 0.558. The molecule has 4 rings (SSSR count). The van der Waals surface area contributed by atoms with Gasteiger partial charge >= 0.3 is 5.97 Å². The Morgan fingerprint density at radius 3 is 2.54 bits per heavy atom. The Bertz CT molecular complexity index is 1160. The van der Waals surface area contributed by atoms with E-state index in [-0.39, 0.29) is 16.4 Å². The molecule has 3 aromatic rings. The fourth-order valence-electron chi connectivity index (χ4n) is 2.67. The number of hydrogen-bond acceptors (Lipinski definition) is 7. The second-order valence-electron chi connectivity index (χ2n) is 5.67. The van der Waals surface area contributed by atoms with E-state index >= 15 is 0 Å². The summed E-state index contributed by atoms with van der Waals surface area (Å²) in [6.45, 7) is 0.784. The molecule has 0 fully saturated rings. The van der Waals surface area contributed by atoms with Gasteiger partial charge in [0.15, 0.2) is 16.3 Å². The van der Waals surface area contributed by atoms with Crippen molar-refractivity contribution >= 4 is 68.0 Å². The van der Waals surface area contributed by atoms with Crippen molar-refractivity contribution in [3.63, 3.8) is 0 Å². The molecule has 146 valence electrons. The lowest BCUT2D eigenvalue weighted by molar-refractivity contribution is -0.141. The Balaban J connectivity index is 1.88.